The summed E-state index contributed by atoms with van der Waals surface area (Å²) in [6.07, 6.45) is -1.13. The van der Waals surface area contributed by atoms with Crippen molar-refractivity contribution in [2.45, 2.75) is 76.2 Å². The first-order chi connectivity index (χ1) is 19.2. The number of carboxylic acids is 1. The van der Waals surface area contributed by atoms with Gasteiger partial charge in [-0.3, -0.25) is 4.90 Å². The van der Waals surface area contributed by atoms with Crippen LogP contribution >= 0.6 is 11.6 Å². The quantitative estimate of drug-likeness (QED) is 0.356. The molecule has 1 saturated heterocycles. The predicted molar refractivity (Wildman–Crippen MR) is 151 cm³/mol. The Hall–Kier alpha value is -3.18. The van der Waals surface area contributed by atoms with Gasteiger partial charge < -0.3 is 25.2 Å². The number of carbonyl (C=O) groups excluding carboxylic acids is 1. The molecule has 226 valence electrons. The van der Waals surface area contributed by atoms with Gasteiger partial charge in [0.25, 0.3) is 0 Å². The van der Waals surface area contributed by atoms with Crippen molar-refractivity contribution in [3.8, 4) is 11.5 Å². The molecule has 3 N–H and O–H groups in total. The van der Waals surface area contributed by atoms with Gasteiger partial charge in [0, 0.05) is 34.3 Å². The van der Waals surface area contributed by atoms with Crippen molar-refractivity contribution >= 4 is 29.3 Å². The van der Waals surface area contributed by atoms with Crippen LogP contribution in [0, 0.1) is 6.92 Å². The van der Waals surface area contributed by atoms with Crippen molar-refractivity contribution in [1.82, 2.24) is 10.2 Å². The zero-order chi connectivity index (χ0) is 30.5. The van der Waals surface area contributed by atoms with Crippen LogP contribution < -0.4 is 20.1 Å². The number of benzene rings is 2. The number of aliphatic carboxylic acids is 1. The fourth-order valence-corrected chi connectivity index (χ4v) is 6.06. The van der Waals surface area contributed by atoms with Crippen LogP contribution in [0.3, 0.4) is 0 Å². The molecule has 0 bridgehead atoms. The van der Waals surface area contributed by atoms with Crippen molar-refractivity contribution in [1.29, 1.82) is 0 Å². The number of hydrogen-bond acceptors (Lipinski definition) is 5. The van der Waals surface area contributed by atoms with Gasteiger partial charge in [0.15, 0.2) is 11.5 Å². The van der Waals surface area contributed by atoms with Crippen molar-refractivity contribution in [3.63, 3.8) is 0 Å². The van der Waals surface area contributed by atoms with E-state index in [-0.39, 0.29) is 17.5 Å². The van der Waals surface area contributed by atoms with Crippen LogP contribution in [-0.2, 0) is 10.2 Å². The van der Waals surface area contributed by atoms with Gasteiger partial charge in [0.2, 0.25) is 0 Å². The molecule has 8 nitrogen and oxygen atoms in total. The van der Waals surface area contributed by atoms with Gasteiger partial charge in [-0.1, -0.05) is 23.7 Å². The third-order valence-corrected chi connectivity index (χ3v) is 8.18. The van der Waals surface area contributed by atoms with E-state index in [4.69, 9.17) is 31.0 Å². The molecule has 4 rings (SSSR count). The lowest BCUT2D eigenvalue weighted by Gasteiger charge is -2.46. The Kier molecular flexibility index (Phi) is 10.4. The Balaban J connectivity index is 0.000000587. The summed E-state index contributed by atoms with van der Waals surface area (Å²) in [5, 5.41) is 13.9. The highest BCUT2D eigenvalue weighted by Gasteiger charge is 2.52. The molecule has 0 radical (unpaired) electrons. The highest BCUT2D eigenvalue weighted by Crippen LogP contribution is 2.51. The fraction of sp³-hybridized carbons (Fsp3) is 0.517. The number of rotatable bonds is 6. The van der Waals surface area contributed by atoms with Crippen molar-refractivity contribution in [2.75, 3.05) is 26.1 Å². The van der Waals surface area contributed by atoms with Gasteiger partial charge in [-0.05, 0) is 88.4 Å². The maximum Gasteiger partial charge on any atom is 0.490 e. The molecule has 2 amide bonds. The van der Waals surface area contributed by atoms with Crippen molar-refractivity contribution in [2.24, 2.45) is 0 Å². The van der Waals surface area contributed by atoms with E-state index >= 15 is 0 Å². The molecule has 2 aromatic rings. The summed E-state index contributed by atoms with van der Waals surface area (Å²) < 4.78 is 42.8. The van der Waals surface area contributed by atoms with Gasteiger partial charge in [-0.2, -0.15) is 13.2 Å². The van der Waals surface area contributed by atoms with E-state index in [0.29, 0.717) is 17.1 Å². The maximum atomic E-state index is 12.8. The number of carbonyl (C=O) groups is 2. The smallest absolute Gasteiger partial charge is 0.490 e. The van der Waals surface area contributed by atoms with E-state index in [1.807, 2.05) is 25.1 Å². The lowest BCUT2D eigenvalue weighted by atomic mass is 9.65. The van der Waals surface area contributed by atoms with Gasteiger partial charge in [-0.25, -0.2) is 9.59 Å². The van der Waals surface area contributed by atoms with Crippen LogP contribution in [0.5, 0.6) is 11.5 Å². The molecule has 2 aromatic carbocycles. The number of ether oxygens (including phenoxy) is 2. The first-order valence-corrected chi connectivity index (χ1v) is 13.7. The number of hydrogen-bond donors (Lipinski definition) is 3. The lowest BCUT2D eigenvalue weighted by molar-refractivity contribution is -0.192. The number of likely N-dealkylation sites (tertiary alicyclic amines) is 1. The standard InChI is InChI=1S/C27H36ClN3O3.C2HF3O2/c1-17(2)31-13-12-27(19-7-9-23(33-4)24(14-19)34-5)11-10-21(16-25(27)31)29-26(32)30-22-15-20(28)8-6-18(22)3;3-2(4,5)1(6)7/h6-9,14-15,17,21,25H,10-13,16H2,1-5H3,(H2,29,30,32);(H,6,7). The minimum Gasteiger partial charge on any atom is -0.493 e. The predicted octanol–water partition coefficient (Wildman–Crippen LogP) is 6.39. The highest BCUT2D eigenvalue weighted by molar-refractivity contribution is 6.31. The molecule has 1 aliphatic heterocycles. The number of anilines is 1. The summed E-state index contributed by atoms with van der Waals surface area (Å²) in [7, 11) is 3.36. The molecule has 1 heterocycles. The van der Waals surface area contributed by atoms with Crippen LogP contribution in [0.1, 0.15) is 50.7 Å². The molecule has 0 spiro atoms. The number of fused-ring (bicyclic) bond motifs is 1. The van der Waals surface area contributed by atoms with E-state index in [9.17, 15) is 18.0 Å². The Morgan fingerprint density at radius 1 is 1.10 bits per heavy atom. The Morgan fingerprint density at radius 3 is 2.34 bits per heavy atom. The first kappa shape index (κ1) is 32.3. The van der Waals surface area contributed by atoms with Crippen molar-refractivity contribution < 1.29 is 37.3 Å². The SMILES string of the molecule is COc1ccc(C23CCC(NC(=O)Nc4cc(Cl)ccc4C)CC2N(C(C)C)CC3)cc1OC.O=C(O)C(F)(F)F. The first-order valence-electron chi connectivity index (χ1n) is 13.3. The Labute approximate surface area is 243 Å². The third-order valence-electron chi connectivity index (χ3n) is 7.95. The summed E-state index contributed by atoms with van der Waals surface area (Å²) in [4.78, 5) is 24.3. The summed E-state index contributed by atoms with van der Waals surface area (Å²) in [5.74, 6) is -1.23. The zero-order valence-corrected chi connectivity index (χ0v) is 24.5. The molecule has 3 atom stereocenters. The average molecular weight is 600 g/mol. The molecular formula is C29H37ClF3N3O5. The fourth-order valence-electron chi connectivity index (χ4n) is 5.89. The van der Waals surface area contributed by atoms with E-state index in [1.54, 1.807) is 20.3 Å². The average Bonchev–Trinajstić information content (AvgIpc) is 3.30. The second kappa shape index (κ2) is 13.2. The molecule has 1 saturated carbocycles. The van der Waals surface area contributed by atoms with Crippen LogP contribution in [0.2, 0.25) is 5.02 Å². The number of halogens is 4. The maximum absolute atomic E-state index is 12.8. The van der Waals surface area contributed by atoms with Gasteiger partial charge in [0.1, 0.15) is 0 Å². The van der Waals surface area contributed by atoms with E-state index < -0.39 is 12.1 Å². The van der Waals surface area contributed by atoms with Gasteiger partial charge in [-0.15, -0.1) is 0 Å². The van der Waals surface area contributed by atoms with E-state index in [1.165, 1.54) is 5.56 Å². The van der Waals surface area contributed by atoms with Crippen LogP contribution in [0.4, 0.5) is 23.7 Å². The molecule has 0 aromatic heterocycles. The van der Waals surface area contributed by atoms with Gasteiger partial charge in [0.05, 0.1) is 14.2 Å². The number of methoxy groups -OCH3 is 2. The zero-order valence-electron chi connectivity index (χ0n) is 23.8. The molecule has 12 heteroatoms. The van der Waals surface area contributed by atoms with E-state index in [0.717, 1.165) is 55.0 Å². The largest absolute Gasteiger partial charge is 0.493 e. The Bertz CT molecular complexity index is 1240. The number of carboxylic acid groups (broad SMARTS) is 1. The minimum absolute atomic E-state index is 0.0437. The molecule has 41 heavy (non-hydrogen) atoms. The normalized spacial score (nSPS) is 22.3. The molecule has 3 unspecified atom stereocenters. The number of nitrogens with one attached hydrogen (secondary N) is 2. The van der Waals surface area contributed by atoms with Crippen LogP contribution in [0.25, 0.3) is 0 Å². The third kappa shape index (κ3) is 7.56. The second-order valence-corrected chi connectivity index (χ2v) is 11.1. The minimum atomic E-state index is -5.08. The number of alkyl halides is 3. The number of nitrogens with zero attached hydrogens (tertiary/aromatic N) is 1. The molecule has 1 aliphatic carbocycles. The summed E-state index contributed by atoms with van der Waals surface area (Å²) >= 11 is 6.12. The van der Waals surface area contributed by atoms with Crippen LogP contribution in [-0.4, -0.2) is 67.1 Å². The lowest BCUT2D eigenvalue weighted by Crippen LogP contribution is -2.54. The topological polar surface area (TPSA) is 100 Å². The summed E-state index contributed by atoms with van der Waals surface area (Å²) in [6.45, 7) is 7.53. The van der Waals surface area contributed by atoms with E-state index in [2.05, 4.69) is 41.5 Å². The van der Waals surface area contributed by atoms with Gasteiger partial charge >= 0.3 is 18.2 Å². The second-order valence-electron chi connectivity index (χ2n) is 10.7. The monoisotopic (exact) mass is 599 g/mol. The Morgan fingerprint density at radius 2 is 1.76 bits per heavy atom. The molecule has 2 aliphatic rings. The van der Waals surface area contributed by atoms with Crippen LogP contribution in [0.15, 0.2) is 36.4 Å². The molecule has 2 fully saturated rings. The number of aryl methyl sites for hydroxylation is 1. The number of urea groups is 1. The number of amides is 2. The summed E-state index contributed by atoms with van der Waals surface area (Å²) in [6, 6.07) is 12.6. The molecular weight excluding hydrogens is 563 g/mol. The highest BCUT2D eigenvalue weighted by atomic mass is 35.5. The summed E-state index contributed by atoms with van der Waals surface area (Å²) in [5.41, 5.74) is 3.07. The van der Waals surface area contributed by atoms with Crippen molar-refractivity contribution in [3.05, 3.63) is 52.5 Å².